The average Bonchev–Trinajstić information content (AvgIpc) is 2.78. The molecule has 0 saturated carbocycles. The number of piperazine rings is 1. The molecular formula is C24H30N4O3S. The Kier molecular flexibility index (Phi) is 6.16. The number of anilines is 1. The number of rotatable bonds is 3. The Balaban J connectivity index is 1.39. The summed E-state index contributed by atoms with van der Waals surface area (Å²) >= 11 is 1.50. The largest absolute Gasteiger partial charge is 0.368 e. The van der Waals surface area contributed by atoms with Gasteiger partial charge in [-0.05, 0) is 31.2 Å². The first-order chi connectivity index (χ1) is 15.1. The molecule has 1 aromatic heterocycles. The predicted molar refractivity (Wildman–Crippen MR) is 127 cm³/mol. The van der Waals surface area contributed by atoms with Crippen LogP contribution in [0.25, 0.3) is 0 Å². The Labute approximate surface area is 192 Å². The van der Waals surface area contributed by atoms with Crippen LogP contribution in [-0.4, -0.2) is 58.1 Å². The molecule has 0 bridgehead atoms. The Hall–Kier alpha value is -2.61. The van der Waals surface area contributed by atoms with E-state index in [1.165, 1.54) is 11.8 Å². The van der Waals surface area contributed by atoms with Crippen LogP contribution >= 0.6 is 11.8 Å². The molecule has 2 aliphatic heterocycles. The lowest BCUT2D eigenvalue weighted by Gasteiger charge is -2.38. The quantitative estimate of drug-likeness (QED) is 0.524. The Morgan fingerprint density at radius 2 is 1.72 bits per heavy atom. The van der Waals surface area contributed by atoms with Crippen LogP contribution in [0, 0.1) is 5.92 Å². The summed E-state index contributed by atoms with van der Waals surface area (Å²) in [6.07, 6.45) is 0. The van der Waals surface area contributed by atoms with Gasteiger partial charge in [-0.1, -0.05) is 32.5 Å². The minimum Gasteiger partial charge on any atom is -0.368 e. The molecule has 8 heteroatoms. The summed E-state index contributed by atoms with van der Waals surface area (Å²) in [5.41, 5.74) is 2.30. The topological polar surface area (TPSA) is 75.5 Å². The van der Waals surface area contributed by atoms with Crippen molar-refractivity contribution in [3.8, 4) is 0 Å². The summed E-state index contributed by atoms with van der Waals surface area (Å²) in [7, 11) is 0. The molecule has 1 aromatic carbocycles. The number of fused-ring (bicyclic) bond motifs is 1. The van der Waals surface area contributed by atoms with Crippen molar-refractivity contribution in [2.75, 3.05) is 36.8 Å². The number of benzene rings is 1. The van der Waals surface area contributed by atoms with E-state index in [1.807, 2.05) is 49.9 Å². The number of nitrogens with zero attached hydrogens (tertiary/aromatic N) is 4. The van der Waals surface area contributed by atoms with E-state index in [0.29, 0.717) is 36.1 Å². The molecule has 0 radical (unpaired) electrons. The molecule has 0 spiro atoms. The van der Waals surface area contributed by atoms with Gasteiger partial charge in [-0.25, -0.2) is 4.98 Å². The molecule has 0 aliphatic carbocycles. The van der Waals surface area contributed by atoms with Crippen LogP contribution in [0.15, 0.2) is 40.3 Å². The standard InChI is InChI=1S/C24H30N4O3S/c1-16(29)17-5-7-19(8-6-17)26-9-11-27(12-10-26)22(31)18-14-28-21(30)13-20(24(2,3)4)25-23(28)32-15-18/h5-8,13,18H,9-12,14-15H2,1-4H3. The molecule has 4 rings (SSSR count). The van der Waals surface area contributed by atoms with Crippen LogP contribution in [0.4, 0.5) is 5.69 Å². The number of amides is 1. The van der Waals surface area contributed by atoms with E-state index < -0.39 is 0 Å². The van der Waals surface area contributed by atoms with Crippen molar-refractivity contribution >= 4 is 29.1 Å². The molecule has 2 aliphatic rings. The maximum Gasteiger partial charge on any atom is 0.254 e. The molecule has 32 heavy (non-hydrogen) atoms. The molecule has 1 atom stereocenters. The van der Waals surface area contributed by atoms with E-state index in [4.69, 9.17) is 0 Å². The van der Waals surface area contributed by atoms with Gasteiger partial charge in [-0.15, -0.1) is 0 Å². The van der Waals surface area contributed by atoms with Gasteiger partial charge in [0.05, 0.1) is 11.6 Å². The lowest BCUT2D eigenvalue weighted by atomic mass is 9.92. The molecular weight excluding hydrogens is 424 g/mol. The van der Waals surface area contributed by atoms with Crippen LogP contribution in [0.1, 0.15) is 43.7 Å². The molecule has 3 heterocycles. The normalized spacial score (nSPS) is 18.9. The van der Waals surface area contributed by atoms with Crippen LogP contribution < -0.4 is 10.5 Å². The zero-order chi connectivity index (χ0) is 23.0. The molecule has 0 N–H and O–H groups in total. The van der Waals surface area contributed by atoms with Crippen LogP contribution in [-0.2, 0) is 16.8 Å². The summed E-state index contributed by atoms with van der Waals surface area (Å²) in [4.78, 5) is 46.2. The maximum atomic E-state index is 13.2. The number of hydrogen-bond donors (Lipinski definition) is 0. The second-order valence-electron chi connectivity index (χ2n) is 9.55. The first-order valence-electron chi connectivity index (χ1n) is 11.0. The van der Waals surface area contributed by atoms with Gasteiger partial charge in [0.1, 0.15) is 0 Å². The van der Waals surface area contributed by atoms with E-state index in [2.05, 4.69) is 9.88 Å². The molecule has 1 fully saturated rings. The van der Waals surface area contributed by atoms with E-state index in [1.54, 1.807) is 17.6 Å². The van der Waals surface area contributed by atoms with E-state index in [-0.39, 0.29) is 28.6 Å². The first kappa shape index (κ1) is 22.6. The third-order valence-corrected chi connectivity index (χ3v) is 7.28. The second-order valence-corrected chi connectivity index (χ2v) is 10.5. The lowest BCUT2D eigenvalue weighted by Crippen LogP contribution is -2.52. The zero-order valence-corrected chi connectivity index (χ0v) is 19.9. The number of carbonyl (C=O) groups excluding carboxylic acids is 2. The number of thioether (sulfide) groups is 1. The molecule has 170 valence electrons. The van der Waals surface area contributed by atoms with Gasteiger partial charge in [-0.3, -0.25) is 19.0 Å². The van der Waals surface area contributed by atoms with Gasteiger partial charge in [-0.2, -0.15) is 0 Å². The monoisotopic (exact) mass is 454 g/mol. The molecule has 1 unspecified atom stereocenters. The van der Waals surface area contributed by atoms with Gasteiger partial charge in [0, 0.05) is 61.2 Å². The van der Waals surface area contributed by atoms with E-state index >= 15 is 0 Å². The molecule has 1 saturated heterocycles. The van der Waals surface area contributed by atoms with Gasteiger partial charge >= 0.3 is 0 Å². The Bertz CT molecular complexity index is 1080. The van der Waals surface area contributed by atoms with Crippen molar-refractivity contribution in [3.05, 3.63) is 51.9 Å². The lowest BCUT2D eigenvalue weighted by molar-refractivity contribution is -0.135. The van der Waals surface area contributed by atoms with Crippen LogP contribution in [0.5, 0.6) is 0 Å². The zero-order valence-electron chi connectivity index (χ0n) is 19.1. The van der Waals surface area contributed by atoms with Crippen molar-refractivity contribution in [1.82, 2.24) is 14.5 Å². The number of carbonyl (C=O) groups is 2. The SMILES string of the molecule is CC(=O)c1ccc(N2CCN(C(=O)C3CSc4nc(C(C)(C)C)cc(=O)n4C3)CC2)cc1. The van der Waals surface area contributed by atoms with E-state index in [0.717, 1.165) is 24.5 Å². The van der Waals surface area contributed by atoms with Crippen molar-refractivity contribution < 1.29 is 9.59 Å². The van der Waals surface area contributed by atoms with Gasteiger partial charge in [0.2, 0.25) is 5.91 Å². The highest BCUT2D eigenvalue weighted by Crippen LogP contribution is 2.29. The summed E-state index contributed by atoms with van der Waals surface area (Å²) < 4.78 is 1.65. The van der Waals surface area contributed by atoms with Crippen LogP contribution in [0.2, 0.25) is 0 Å². The van der Waals surface area contributed by atoms with Gasteiger partial charge in [0.15, 0.2) is 10.9 Å². The summed E-state index contributed by atoms with van der Waals surface area (Å²) in [5, 5.41) is 0.713. The highest BCUT2D eigenvalue weighted by atomic mass is 32.2. The predicted octanol–water partition coefficient (Wildman–Crippen LogP) is 2.81. The van der Waals surface area contributed by atoms with Crippen molar-refractivity contribution in [3.63, 3.8) is 0 Å². The summed E-state index contributed by atoms with van der Waals surface area (Å²) in [5.74, 6) is 0.601. The average molecular weight is 455 g/mol. The minimum absolute atomic E-state index is 0.0582. The molecule has 7 nitrogen and oxygen atoms in total. The van der Waals surface area contributed by atoms with E-state index in [9.17, 15) is 14.4 Å². The molecule has 1 amide bonds. The molecule has 2 aromatic rings. The van der Waals surface area contributed by atoms with Gasteiger partial charge < -0.3 is 9.80 Å². The maximum absolute atomic E-state index is 13.2. The van der Waals surface area contributed by atoms with Crippen molar-refractivity contribution in [2.24, 2.45) is 5.92 Å². The second kappa shape index (κ2) is 8.73. The number of hydrogen-bond acceptors (Lipinski definition) is 6. The third kappa shape index (κ3) is 4.60. The number of Topliss-reactive ketones (excluding diaryl/α,β-unsaturated/α-hetero) is 1. The highest BCUT2D eigenvalue weighted by Gasteiger charge is 2.32. The summed E-state index contributed by atoms with van der Waals surface area (Å²) in [6, 6.07) is 9.24. The number of aromatic nitrogens is 2. The van der Waals surface area contributed by atoms with Gasteiger partial charge in [0.25, 0.3) is 5.56 Å². The Morgan fingerprint density at radius 1 is 1.06 bits per heavy atom. The van der Waals surface area contributed by atoms with Crippen LogP contribution in [0.3, 0.4) is 0 Å². The first-order valence-corrected chi connectivity index (χ1v) is 12.0. The van der Waals surface area contributed by atoms with Crippen molar-refractivity contribution in [1.29, 1.82) is 0 Å². The Morgan fingerprint density at radius 3 is 2.31 bits per heavy atom. The number of ketones is 1. The third-order valence-electron chi connectivity index (χ3n) is 6.14. The minimum atomic E-state index is -0.214. The fourth-order valence-electron chi connectivity index (χ4n) is 4.10. The smallest absolute Gasteiger partial charge is 0.254 e. The highest BCUT2D eigenvalue weighted by molar-refractivity contribution is 7.99. The fourth-order valence-corrected chi connectivity index (χ4v) is 5.18. The van der Waals surface area contributed by atoms with Crippen molar-refractivity contribution in [2.45, 2.75) is 44.8 Å². The summed E-state index contributed by atoms with van der Waals surface area (Å²) in [6.45, 7) is 10.9. The fraction of sp³-hybridized carbons (Fsp3) is 0.500.